The second-order valence-electron chi connectivity index (χ2n) is 10.5. The molecule has 0 N–H and O–H groups in total. The summed E-state index contributed by atoms with van der Waals surface area (Å²) in [6.07, 6.45) is 0. The van der Waals surface area contributed by atoms with E-state index in [1.165, 1.54) is 50.5 Å². The summed E-state index contributed by atoms with van der Waals surface area (Å²) < 4.78 is 19.8. The van der Waals surface area contributed by atoms with Crippen LogP contribution in [0.4, 0.5) is 5.69 Å². The van der Waals surface area contributed by atoms with Crippen molar-refractivity contribution in [1.82, 2.24) is 24.5 Å². The van der Waals surface area contributed by atoms with Gasteiger partial charge in [0, 0.05) is 71.0 Å². The molecule has 17 heteroatoms. The molecule has 46 heavy (non-hydrogen) atoms. The van der Waals surface area contributed by atoms with E-state index in [-0.39, 0.29) is 56.6 Å². The van der Waals surface area contributed by atoms with Crippen molar-refractivity contribution < 1.29 is 47.8 Å². The monoisotopic (exact) mass is 652 g/mol. The molecule has 0 radical (unpaired) electrons. The molecule has 1 aromatic rings. The fourth-order valence-corrected chi connectivity index (χ4v) is 4.58. The van der Waals surface area contributed by atoms with Crippen LogP contribution in [0.1, 0.15) is 6.92 Å². The molecule has 0 atom stereocenters. The van der Waals surface area contributed by atoms with E-state index in [0.717, 1.165) is 0 Å². The van der Waals surface area contributed by atoms with Crippen LogP contribution < -0.4 is 4.74 Å². The number of nitro groups is 1. The van der Waals surface area contributed by atoms with Crippen LogP contribution in [-0.2, 0) is 38.2 Å². The Labute approximate surface area is 268 Å². The SMILES string of the molecule is CCN(CC(=O)Oc1ccc([N+](=O)[O-])cc1)C(=O)CN1CCN(CC(=O)OC)CCN(CC(=O)OC)CCN(CC(=O)OC)CC1. The maximum absolute atomic E-state index is 13.4. The summed E-state index contributed by atoms with van der Waals surface area (Å²) in [5, 5.41) is 10.9. The predicted molar refractivity (Wildman–Crippen MR) is 163 cm³/mol. The first kappa shape index (κ1) is 38.0. The molecular formula is C29H44N6O11. The Morgan fingerprint density at radius 1 is 0.674 bits per heavy atom. The van der Waals surface area contributed by atoms with E-state index in [1.54, 1.807) is 6.92 Å². The van der Waals surface area contributed by atoms with Crippen LogP contribution in [0.25, 0.3) is 0 Å². The number of carbonyl (C=O) groups is 5. The summed E-state index contributed by atoms with van der Waals surface area (Å²) in [7, 11) is 3.91. The van der Waals surface area contributed by atoms with Crippen LogP contribution in [0.15, 0.2) is 24.3 Å². The number of non-ortho nitro benzene ring substituents is 1. The van der Waals surface area contributed by atoms with Crippen LogP contribution >= 0.6 is 0 Å². The number of amides is 1. The molecule has 0 spiro atoms. The van der Waals surface area contributed by atoms with Gasteiger partial charge in [-0.15, -0.1) is 0 Å². The molecule has 0 saturated carbocycles. The average Bonchev–Trinajstić information content (AvgIpc) is 3.04. The number of hydrogen-bond acceptors (Lipinski definition) is 15. The molecule has 256 valence electrons. The number of benzene rings is 1. The van der Waals surface area contributed by atoms with Gasteiger partial charge in [-0.25, -0.2) is 4.79 Å². The number of ether oxygens (including phenoxy) is 4. The number of rotatable bonds is 13. The molecule has 1 aliphatic rings. The number of likely N-dealkylation sites (N-methyl/N-ethyl adjacent to an activating group) is 1. The van der Waals surface area contributed by atoms with Gasteiger partial charge < -0.3 is 23.8 Å². The van der Waals surface area contributed by atoms with Crippen molar-refractivity contribution in [1.29, 1.82) is 0 Å². The van der Waals surface area contributed by atoms with Crippen LogP contribution in [-0.4, -0.2) is 172 Å². The lowest BCUT2D eigenvalue weighted by atomic mass is 10.3. The number of methoxy groups -OCH3 is 3. The molecule has 1 aliphatic heterocycles. The number of esters is 4. The van der Waals surface area contributed by atoms with Crippen LogP contribution in [0.3, 0.4) is 0 Å². The summed E-state index contributed by atoms with van der Waals surface area (Å²) in [5.41, 5.74) is -0.148. The quantitative estimate of drug-likeness (QED) is 0.0839. The molecule has 0 unspecified atom stereocenters. The summed E-state index contributed by atoms with van der Waals surface area (Å²) in [5.74, 6) is -2.19. The second-order valence-corrected chi connectivity index (χ2v) is 10.5. The molecule has 17 nitrogen and oxygen atoms in total. The van der Waals surface area contributed by atoms with Gasteiger partial charge >= 0.3 is 23.9 Å². The molecule has 0 aromatic heterocycles. The van der Waals surface area contributed by atoms with E-state index in [2.05, 4.69) is 0 Å². The zero-order valence-electron chi connectivity index (χ0n) is 26.9. The Kier molecular flexibility index (Phi) is 16.6. The van der Waals surface area contributed by atoms with E-state index in [0.29, 0.717) is 52.4 Å². The number of carbonyl (C=O) groups excluding carboxylic acids is 5. The van der Waals surface area contributed by atoms with Gasteiger partial charge in [-0.05, 0) is 19.1 Å². The number of nitro benzene ring substituents is 1. The van der Waals surface area contributed by atoms with E-state index >= 15 is 0 Å². The van der Waals surface area contributed by atoms with Gasteiger partial charge in [0.25, 0.3) is 5.69 Å². The zero-order chi connectivity index (χ0) is 34.1. The molecule has 1 amide bonds. The lowest BCUT2D eigenvalue weighted by Gasteiger charge is -2.33. The lowest BCUT2D eigenvalue weighted by Crippen LogP contribution is -2.50. The molecule has 1 saturated heterocycles. The van der Waals surface area contributed by atoms with Gasteiger partial charge in [-0.1, -0.05) is 0 Å². The van der Waals surface area contributed by atoms with Gasteiger partial charge in [0.2, 0.25) is 5.91 Å². The minimum absolute atomic E-state index is 0.00832. The van der Waals surface area contributed by atoms with Crippen LogP contribution in [0, 0.1) is 10.1 Å². The number of hydrogen-bond donors (Lipinski definition) is 0. The van der Waals surface area contributed by atoms with E-state index in [4.69, 9.17) is 18.9 Å². The standard InChI is InChI=1S/C29H44N6O11/c1-5-34(22-29(40)46-24-8-6-23(7-9-24)35(41)42)25(36)18-30-10-12-31(19-26(37)43-2)14-16-33(21-28(39)45-4)17-15-32(13-11-30)20-27(38)44-3/h6-9H,5,10-22H2,1-4H3. The molecule has 0 bridgehead atoms. The van der Waals surface area contributed by atoms with Crippen LogP contribution in [0.2, 0.25) is 0 Å². The smallest absolute Gasteiger partial charge is 0.331 e. The number of nitrogens with zero attached hydrogens (tertiary/aromatic N) is 6. The van der Waals surface area contributed by atoms with E-state index < -0.39 is 28.8 Å². The van der Waals surface area contributed by atoms with E-state index in [9.17, 15) is 34.1 Å². The van der Waals surface area contributed by atoms with Crippen LogP contribution in [0.5, 0.6) is 5.75 Å². The topological polar surface area (TPSA) is 182 Å². The van der Waals surface area contributed by atoms with Gasteiger partial charge in [0.05, 0.1) is 52.4 Å². The van der Waals surface area contributed by atoms with Crippen molar-refractivity contribution >= 4 is 35.5 Å². The van der Waals surface area contributed by atoms with Gasteiger partial charge in [0.1, 0.15) is 12.3 Å². The van der Waals surface area contributed by atoms with Crippen molar-refractivity contribution in [2.24, 2.45) is 0 Å². The Hall–Kier alpha value is -4.19. The van der Waals surface area contributed by atoms with Crippen molar-refractivity contribution in [2.75, 3.05) is 113 Å². The minimum atomic E-state index is -0.706. The van der Waals surface area contributed by atoms with Crippen molar-refractivity contribution in [2.45, 2.75) is 6.92 Å². The van der Waals surface area contributed by atoms with Gasteiger partial charge in [0.15, 0.2) is 0 Å². The van der Waals surface area contributed by atoms with Crippen molar-refractivity contribution in [3.8, 4) is 5.75 Å². The van der Waals surface area contributed by atoms with Gasteiger partial charge in [-0.3, -0.25) is 48.9 Å². The highest BCUT2D eigenvalue weighted by Gasteiger charge is 2.24. The normalized spacial score (nSPS) is 15.9. The molecule has 2 rings (SSSR count). The zero-order valence-corrected chi connectivity index (χ0v) is 26.9. The first-order chi connectivity index (χ1) is 22.0. The minimum Gasteiger partial charge on any atom is -0.468 e. The third-order valence-corrected chi connectivity index (χ3v) is 7.36. The molecule has 0 aliphatic carbocycles. The first-order valence-electron chi connectivity index (χ1n) is 14.8. The summed E-state index contributed by atoms with van der Waals surface area (Å²) >= 11 is 0. The highest BCUT2D eigenvalue weighted by molar-refractivity contribution is 5.84. The molecule has 1 fully saturated rings. The predicted octanol–water partition coefficient (Wildman–Crippen LogP) is -0.911. The summed E-state index contributed by atoms with van der Waals surface area (Å²) in [4.78, 5) is 81.5. The Bertz CT molecular complexity index is 1150. The lowest BCUT2D eigenvalue weighted by molar-refractivity contribution is -0.384. The third-order valence-electron chi connectivity index (χ3n) is 7.36. The Morgan fingerprint density at radius 3 is 1.37 bits per heavy atom. The average molecular weight is 653 g/mol. The highest BCUT2D eigenvalue weighted by Crippen LogP contribution is 2.17. The largest absolute Gasteiger partial charge is 0.468 e. The molecule has 1 aromatic carbocycles. The van der Waals surface area contributed by atoms with Crippen molar-refractivity contribution in [3.63, 3.8) is 0 Å². The van der Waals surface area contributed by atoms with Gasteiger partial charge in [-0.2, -0.15) is 0 Å². The Morgan fingerprint density at radius 2 is 1.04 bits per heavy atom. The maximum atomic E-state index is 13.4. The molecular weight excluding hydrogens is 608 g/mol. The summed E-state index contributed by atoms with van der Waals surface area (Å²) in [6, 6.07) is 5.04. The third kappa shape index (κ3) is 13.8. The summed E-state index contributed by atoms with van der Waals surface area (Å²) in [6.45, 7) is 4.83. The Balaban J connectivity index is 2.16. The van der Waals surface area contributed by atoms with E-state index in [1.807, 2.05) is 19.6 Å². The fourth-order valence-electron chi connectivity index (χ4n) is 4.58. The first-order valence-corrected chi connectivity index (χ1v) is 14.8. The molecule has 1 heterocycles. The van der Waals surface area contributed by atoms with Crippen molar-refractivity contribution in [3.05, 3.63) is 34.4 Å². The maximum Gasteiger partial charge on any atom is 0.331 e. The second kappa shape index (κ2) is 20.0. The highest BCUT2D eigenvalue weighted by atomic mass is 16.6. The fraction of sp³-hybridized carbons (Fsp3) is 0.621.